The van der Waals surface area contributed by atoms with Crippen LogP contribution in [0.2, 0.25) is 0 Å². The lowest BCUT2D eigenvalue weighted by molar-refractivity contribution is -0.132. The SMILES string of the molecule is NN/C(Oc1ccc(N2CCNCC2)cc1)=C(\N)C(=O)O. The standard InChI is InChI=1S/C13H19N5O3/c14-11(13(19)20)12(17-15)21-10-3-1-9(2-4-10)18-7-5-16-6-8-18/h1-4,16-17H,5-8,14-15H2,(H,19,20)/b12-11+. The predicted molar refractivity (Wildman–Crippen MR) is 78.3 cm³/mol. The number of hydrogen-bond donors (Lipinski definition) is 5. The number of piperazine rings is 1. The molecule has 0 spiro atoms. The molecule has 1 fully saturated rings. The van der Waals surface area contributed by atoms with E-state index in [1.165, 1.54) is 0 Å². The highest BCUT2D eigenvalue weighted by Gasteiger charge is 2.13. The summed E-state index contributed by atoms with van der Waals surface area (Å²) in [5.74, 6) is 4.16. The number of anilines is 1. The van der Waals surface area contributed by atoms with Gasteiger partial charge in [0.2, 0.25) is 5.88 Å². The fourth-order valence-corrected chi connectivity index (χ4v) is 2.03. The van der Waals surface area contributed by atoms with E-state index in [1.54, 1.807) is 12.1 Å². The van der Waals surface area contributed by atoms with Crippen LogP contribution in [0.5, 0.6) is 5.75 Å². The van der Waals surface area contributed by atoms with Crippen molar-refractivity contribution in [3.05, 3.63) is 35.8 Å². The summed E-state index contributed by atoms with van der Waals surface area (Å²) < 4.78 is 5.34. The second-order valence-electron chi connectivity index (χ2n) is 4.53. The fourth-order valence-electron chi connectivity index (χ4n) is 2.03. The summed E-state index contributed by atoms with van der Waals surface area (Å²) in [4.78, 5) is 13.0. The molecule has 1 aliphatic rings. The van der Waals surface area contributed by atoms with Crippen molar-refractivity contribution in [2.24, 2.45) is 11.6 Å². The van der Waals surface area contributed by atoms with Crippen LogP contribution in [0.3, 0.4) is 0 Å². The van der Waals surface area contributed by atoms with Crippen molar-refractivity contribution in [1.82, 2.24) is 10.7 Å². The Labute approximate surface area is 122 Å². The number of rotatable bonds is 5. The van der Waals surface area contributed by atoms with Gasteiger partial charge in [0.1, 0.15) is 5.75 Å². The van der Waals surface area contributed by atoms with Crippen molar-refractivity contribution in [2.75, 3.05) is 31.1 Å². The molecule has 0 radical (unpaired) electrons. The third kappa shape index (κ3) is 3.77. The first-order chi connectivity index (χ1) is 10.1. The van der Waals surface area contributed by atoms with Crippen molar-refractivity contribution < 1.29 is 14.6 Å². The maximum absolute atomic E-state index is 10.8. The molecule has 1 aromatic carbocycles. The van der Waals surface area contributed by atoms with E-state index in [-0.39, 0.29) is 5.88 Å². The lowest BCUT2D eigenvalue weighted by atomic mass is 10.2. The third-order valence-corrected chi connectivity index (χ3v) is 3.14. The monoisotopic (exact) mass is 293 g/mol. The molecule has 114 valence electrons. The molecule has 1 aromatic rings. The molecule has 0 aromatic heterocycles. The van der Waals surface area contributed by atoms with Gasteiger partial charge in [-0.25, -0.2) is 10.6 Å². The maximum Gasteiger partial charge on any atom is 0.357 e. The summed E-state index contributed by atoms with van der Waals surface area (Å²) in [6.45, 7) is 3.80. The Kier molecular flexibility index (Phi) is 4.85. The molecular formula is C13H19N5O3. The number of nitrogens with two attached hydrogens (primary N) is 2. The molecule has 1 saturated heterocycles. The summed E-state index contributed by atoms with van der Waals surface area (Å²) >= 11 is 0. The predicted octanol–water partition coefficient (Wildman–Crippen LogP) is -0.849. The molecular weight excluding hydrogens is 274 g/mol. The van der Waals surface area contributed by atoms with Crippen LogP contribution >= 0.6 is 0 Å². The van der Waals surface area contributed by atoms with Gasteiger partial charge < -0.3 is 25.8 Å². The minimum Gasteiger partial charge on any atom is -0.476 e. The Hall–Kier alpha value is -2.45. The van der Waals surface area contributed by atoms with Crippen LogP contribution < -0.4 is 32.0 Å². The molecule has 0 bridgehead atoms. The van der Waals surface area contributed by atoms with Gasteiger partial charge in [0, 0.05) is 31.9 Å². The number of nitrogens with zero attached hydrogens (tertiary/aromatic N) is 1. The van der Waals surface area contributed by atoms with E-state index in [0.29, 0.717) is 5.75 Å². The van der Waals surface area contributed by atoms with Crippen molar-refractivity contribution in [3.8, 4) is 5.75 Å². The molecule has 21 heavy (non-hydrogen) atoms. The minimum absolute atomic E-state index is 0.197. The summed E-state index contributed by atoms with van der Waals surface area (Å²) in [5, 5.41) is 12.1. The number of hydrazine groups is 1. The fraction of sp³-hybridized carbons (Fsp3) is 0.308. The van der Waals surface area contributed by atoms with Gasteiger partial charge in [-0.2, -0.15) is 0 Å². The largest absolute Gasteiger partial charge is 0.476 e. The van der Waals surface area contributed by atoms with Gasteiger partial charge in [0.25, 0.3) is 0 Å². The average Bonchev–Trinajstić information content (AvgIpc) is 2.53. The van der Waals surface area contributed by atoms with Crippen LogP contribution in [-0.4, -0.2) is 37.3 Å². The molecule has 8 heteroatoms. The van der Waals surface area contributed by atoms with Gasteiger partial charge in [-0.3, -0.25) is 5.43 Å². The van der Waals surface area contributed by atoms with Crippen LogP contribution in [0.1, 0.15) is 0 Å². The van der Waals surface area contributed by atoms with Crippen molar-refractivity contribution >= 4 is 11.7 Å². The zero-order valence-corrected chi connectivity index (χ0v) is 11.5. The lowest BCUT2D eigenvalue weighted by Gasteiger charge is -2.29. The van der Waals surface area contributed by atoms with E-state index in [4.69, 9.17) is 21.4 Å². The number of carboxylic acid groups (broad SMARTS) is 1. The molecule has 0 unspecified atom stereocenters. The second kappa shape index (κ2) is 6.82. The van der Waals surface area contributed by atoms with Gasteiger partial charge in [-0.05, 0) is 24.3 Å². The highest BCUT2D eigenvalue weighted by molar-refractivity contribution is 5.85. The van der Waals surface area contributed by atoms with Gasteiger partial charge in [-0.15, -0.1) is 0 Å². The van der Waals surface area contributed by atoms with Gasteiger partial charge in [0.05, 0.1) is 0 Å². The number of benzene rings is 1. The highest BCUT2D eigenvalue weighted by atomic mass is 16.5. The zero-order valence-electron chi connectivity index (χ0n) is 11.5. The van der Waals surface area contributed by atoms with Crippen molar-refractivity contribution in [1.29, 1.82) is 0 Å². The van der Waals surface area contributed by atoms with E-state index < -0.39 is 11.7 Å². The van der Waals surface area contributed by atoms with Crippen molar-refractivity contribution in [3.63, 3.8) is 0 Å². The van der Waals surface area contributed by atoms with Crippen LogP contribution in [0.15, 0.2) is 35.8 Å². The summed E-state index contributed by atoms with van der Waals surface area (Å²) in [6, 6.07) is 7.30. The Morgan fingerprint density at radius 2 is 1.90 bits per heavy atom. The number of carbonyl (C=O) groups is 1. The summed E-state index contributed by atoms with van der Waals surface area (Å²) in [5.41, 5.74) is 8.11. The minimum atomic E-state index is -1.31. The quantitative estimate of drug-likeness (QED) is 0.206. The van der Waals surface area contributed by atoms with E-state index in [1.807, 2.05) is 12.1 Å². The Morgan fingerprint density at radius 1 is 1.29 bits per heavy atom. The summed E-state index contributed by atoms with van der Waals surface area (Å²) in [6.07, 6.45) is 0. The van der Waals surface area contributed by atoms with Crippen LogP contribution in [0.25, 0.3) is 0 Å². The Morgan fingerprint density at radius 3 is 2.43 bits per heavy atom. The van der Waals surface area contributed by atoms with Crippen LogP contribution in [0, 0.1) is 0 Å². The number of nitrogens with one attached hydrogen (secondary N) is 2. The zero-order chi connectivity index (χ0) is 15.2. The van der Waals surface area contributed by atoms with E-state index in [2.05, 4.69) is 15.6 Å². The van der Waals surface area contributed by atoms with Gasteiger partial charge in [-0.1, -0.05) is 0 Å². The highest BCUT2D eigenvalue weighted by Crippen LogP contribution is 2.21. The van der Waals surface area contributed by atoms with E-state index in [9.17, 15) is 4.79 Å². The Balaban J connectivity index is 2.08. The molecule has 8 nitrogen and oxygen atoms in total. The molecule has 0 amide bonds. The lowest BCUT2D eigenvalue weighted by Crippen LogP contribution is -2.43. The number of carboxylic acids is 1. The average molecular weight is 293 g/mol. The Bertz CT molecular complexity index is 523. The summed E-state index contributed by atoms with van der Waals surface area (Å²) in [7, 11) is 0. The normalized spacial score (nSPS) is 16.1. The number of hydrogen-bond acceptors (Lipinski definition) is 7. The first kappa shape index (κ1) is 14.9. The third-order valence-electron chi connectivity index (χ3n) is 3.14. The molecule has 7 N–H and O–H groups in total. The topological polar surface area (TPSA) is 126 Å². The van der Waals surface area contributed by atoms with Gasteiger partial charge >= 0.3 is 5.97 Å². The molecule has 0 saturated carbocycles. The maximum atomic E-state index is 10.8. The second-order valence-corrected chi connectivity index (χ2v) is 4.53. The van der Waals surface area contributed by atoms with Crippen molar-refractivity contribution in [2.45, 2.75) is 0 Å². The first-order valence-electron chi connectivity index (χ1n) is 6.55. The molecule has 2 rings (SSSR count). The number of ether oxygens (including phenoxy) is 1. The van der Waals surface area contributed by atoms with Crippen LogP contribution in [0.4, 0.5) is 5.69 Å². The molecule has 1 heterocycles. The van der Waals surface area contributed by atoms with E-state index in [0.717, 1.165) is 31.9 Å². The molecule has 0 aliphatic carbocycles. The van der Waals surface area contributed by atoms with Gasteiger partial charge in [0.15, 0.2) is 5.70 Å². The molecule has 0 atom stereocenters. The first-order valence-corrected chi connectivity index (χ1v) is 6.55. The number of aliphatic carboxylic acids is 1. The van der Waals surface area contributed by atoms with E-state index >= 15 is 0 Å². The van der Waals surface area contributed by atoms with Crippen LogP contribution in [-0.2, 0) is 4.79 Å². The molecule has 1 aliphatic heterocycles. The smallest absolute Gasteiger partial charge is 0.357 e.